The molecule has 0 unspecified atom stereocenters. The molecule has 130 valence electrons. The number of rotatable bonds is 1. The fraction of sp³-hybridized carbons (Fsp3) is 0.273. The zero-order valence-electron chi connectivity index (χ0n) is 21.0. The Labute approximate surface area is 161 Å². The largest absolute Gasteiger partial charge is 0.495 e. The van der Waals surface area contributed by atoms with E-state index in [1.165, 1.54) is 0 Å². The maximum Gasteiger partial charge on any atom is 0.495 e. The molecule has 0 radical (unpaired) electrons. The van der Waals surface area contributed by atoms with Gasteiger partial charge in [-0.05, 0) is 50.7 Å². The van der Waals surface area contributed by atoms with Crippen LogP contribution in [-0.2, 0) is 9.31 Å². The van der Waals surface area contributed by atoms with Crippen molar-refractivity contribution in [3.63, 3.8) is 0 Å². The lowest BCUT2D eigenvalue weighted by Gasteiger charge is -2.32. The summed E-state index contributed by atoms with van der Waals surface area (Å²) in [5.41, 5.74) is 0.0884. The Morgan fingerprint density at radius 2 is 1.62 bits per heavy atom. The van der Waals surface area contributed by atoms with E-state index in [1.807, 2.05) is 33.8 Å². The Morgan fingerprint density at radius 1 is 0.885 bits per heavy atom. The van der Waals surface area contributed by atoms with Crippen molar-refractivity contribution in [3.05, 3.63) is 54.5 Å². The molecule has 0 N–H and O–H groups in total. The smallest absolute Gasteiger partial charge is 0.455 e. The van der Waals surface area contributed by atoms with E-state index < -0.39 is 30.4 Å². The third-order valence-corrected chi connectivity index (χ3v) is 5.48. The second-order valence-corrected chi connectivity index (χ2v) is 7.61. The minimum atomic E-state index is -0.724. The highest BCUT2D eigenvalue weighted by Crippen LogP contribution is 2.38. The molecule has 4 heteroatoms. The van der Waals surface area contributed by atoms with Gasteiger partial charge in [0, 0.05) is 16.2 Å². The van der Waals surface area contributed by atoms with Crippen LogP contribution in [0.2, 0.25) is 0 Å². The van der Waals surface area contributed by atoms with Gasteiger partial charge in [-0.25, -0.2) is 0 Å². The average molecular weight is 350 g/mol. The molecule has 0 atom stereocenters. The van der Waals surface area contributed by atoms with Crippen molar-refractivity contribution < 1.29 is 22.0 Å². The van der Waals surface area contributed by atoms with E-state index >= 15 is 0 Å². The number of fused-ring (bicyclic) bond motifs is 5. The number of benzene rings is 3. The first kappa shape index (κ1) is 10.8. The Morgan fingerprint density at radius 3 is 2.38 bits per heavy atom. The number of hydrogen-bond acceptors (Lipinski definition) is 3. The fourth-order valence-electron chi connectivity index (χ4n) is 3.34. The zero-order chi connectivity index (χ0) is 23.3. The third-order valence-electron chi connectivity index (χ3n) is 5.48. The fourth-order valence-corrected chi connectivity index (χ4v) is 3.34. The van der Waals surface area contributed by atoms with Crippen LogP contribution >= 0.6 is 0 Å². The van der Waals surface area contributed by atoms with Crippen molar-refractivity contribution in [2.45, 2.75) is 38.9 Å². The predicted molar refractivity (Wildman–Crippen MR) is 107 cm³/mol. The third kappa shape index (κ3) is 2.09. The molecule has 26 heavy (non-hydrogen) atoms. The van der Waals surface area contributed by atoms with Gasteiger partial charge in [0.05, 0.1) is 19.4 Å². The van der Waals surface area contributed by atoms with Crippen LogP contribution in [0.3, 0.4) is 0 Å². The molecule has 1 aliphatic heterocycles. The van der Waals surface area contributed by atoms with Crippen LogP contribution < -0.4 is 5.46 Å². The van der Waals surface area contributed by atoms with Gasteiger partial charge >= 0.3 is 7.12 Å². The van der Waals surface area contributed by atoms with Crippen molar-refractivity contribution >= 4 is 45.3 Å². The minimum absolute atomic E-state index is 0.0234. The molecule has 0 bridgehead atoms. The van der Waals surface area contributed by atoms with Gasteiger partial charge < -0.3 is 13.7 Å². The topological polar surface area (TPSA) is 31.6 Å². The molecule has 3 nitrogen and oxygen atoms in total. The first-order valence-corrected chi connectivity index (χ1v) is 8.57. The molecule has 1 aliphatic rings. The highest BCUT2D eigenvalue weighted by Gasteiger charge is 2.52. The Kier molecular flexibility index (Phi) is 2.12. The van der Waals surface area contributed by atoms with Gasteiger partial charge in [-0.15, -0.1) is 0 Å². The SMILES string of the molecule is [2H]c1c([2H])c([2H])c2c(c1[2H])c([2H])c([2H])c1c2oc2cccc(B3OC(C)(C)C(C)(C)O3)c21. The van der Waals surface area contributed by atoms with Gasteiger partial charge in [0.2, 0.25) is 0 Å². The predicted octanol–water partition coefficient (Wildman–Crippen LogP) is 5.04. The molecule has 5 rings (SSSR count). The minimum Gasteiger partial charge on any atom is -0.455 e. The van der Waals surface area contributed by atoms with Crippen LogP contribution in [-0.4, -0.2) is 18.3 Å². The monoisotopic (exact) mass is 350 g/mol. The summed E-state index contributed by atoms with van der Waals surface area (Å²) in [5, 5.41) is 0.939. The van der Waals surface area contributed by atoms with Crippen molar-refractivity contribution in [2.24, 2.45) is 0 Å². The van der Waals surface area contributed by atoms with Gasteiger partial charge in [-0.1, -0.05) is 42.3 Å². The van der Waals surface area contributed by atoms with Crippen LogP contribution in [0.15, 0.2) is 58.9 Å². The Balaban J connectivity index is 1.93. The molecule has 0 aliphatic carbocycles. The molecular formula is C22H21BO3. The number of hydrogen-bond donors (Lipinski definition) is 0. The first-order chi connectivity index (χ1) is 14.9. The van der Waals surface area contributed by atoms with Gasteiger partial charge in [0.1, 0.15) is 11.2 Å². The van der Waals surface area contributed by atoms with Crippen molar-refractivity contribution in [2.75, 3.05) is 0 Å². The summed E-state index contributed by atoms with van der Waals surface area (Å²) in [4.78, 5) is 0. The van der Waals surface area contributed by atoms with Crippen molar-refractivity contribution in [3.8, 4) is 0 Å². The Bertz CT molecular complexity index is 1440. The molecule has 4 aromatic rings. The molecule has 0 saturated carbocycles. The lowest BCUT2D eigenvalue weighted by Crippen LogP contribution is -2.41. The van der Waals surface area contributed by atoms with Crippen molar-refractivity contribution in [1.82, 2.24) is 0 Å². The van der Waals surface area contributed by atoms with Gasteiger partial charge in [0.15, 0.2) is 0 Å². The average Bonchev–Trinajstić information content (AvgIpc) is 3.21. The van der Waals surface area contributed by atoms with Crippen LogP contribution in [0.25, 0.3) is 32.7 Å². The first-order valence-electron chi connectivity index (χ1n) is 11.6. The summed E-state index contributed by atoms with van der Waals surface area (Å²) < 4.78 is 68.5. The summed E-state index contributed by atoms with van der Waals surface area (Å²) in [6.45, 7) is 7.79. The van der Waals surface area contributed by atoms with E-state index in [2.05, 4.69) is 0 Å². The van der Waals surface area contributed by atoms with Crippen LogP contribution in [0.5, 0.6) is 0 Å². The quantitative estimate of drug-likeness (QED) is 0.451. The summed E-state index contributed by atoms with van der Waals surface area (Å²) in [6, 6.07) is 3.40. The lowest BCUT2D eigenvalue weighted by atomic mass is 9.76. The molecule has 1 aromatic heterocycles. The molecule has 0 spiro atoms. The van der Waals surface area contributed by atoms with Gasteiger partial charge in [-0.2, -0.15) is 0 Å². The van der Waals surface area contributed by atoms with E-state index in [4.69, 9.17) is 22.0 Å². The molecule has 1 fully saturated rings. The van der Waals surface area contributed by atoms with E-state index in [-0.39, 0.29) is 40.5 Å². The van der Waals surface area contributed by atoms with Crippen molar-refractivity contribution in [1.29, 1.82) is 0 Å². The molecular weight excluding hydrogens is 323 g/mol. The molecule has 3 aromatic carbocycles. The standard InChI is InChI=1S/C22H21BO3/c1-21(2)22(3,4)26-23(25-21)17-10-7-11-18-19(17)16-13-12-14-8-5-6-9-15(14)20(16)24-18/h5-13H,1-4H3/i5D,6D,8D,9D,12D,13D. The van der Waals surface area contributed by atoms with Crippen LogP contribution in [0.1, 0.15) is 35.9 Å². The zero-order valence-corrected chi connectivity index (χ0v) is 15.0. The highest BCUT2D eigenvalue weighted by atomic mass is 16.7. The summed E-state index contributed by atoms with van der Waals surface area (Å²) in [7, 11) is -0.724. The van der Waals surface area contributed by atoms with E-state index in [0.717, 1.165) is 0 Å². The molecule has 1 saturated heterocycles. The lowest BCUT2D eigenvalue weighted by molar-refractivity contribution is 0.00578. The Hall–Kier alpha value is -2.30. The summed E-state index contributed by atoms with van der Waals surface area (Å²) in [6.07, 6.45) is 0. The van der Waals surface area contributed by atoms with E-state index in [0.29, 0.717) is 21.8 Å². The summed E-state index contributed by atoms with van der Waals surface area (Å²) in [5.74, 6) is 0. The molecule has 2 heterocycles. The maximum absolute atomic E-state index is 8.70. The van der Waals surface area contributed by atoms with E-state index in [9.17, 15) is 0 Å². The summed E-state index contributed by atoms with van der Waals surface area (Å²) >= 11 is 0. The van der Waals surface area contributed by atoms with Crippen LogP contribution in [0, 0.1) is 0 Å². The number of furan rings is 1. The van der Waals surface area contributed by atoms with Gasteiger partial charge in [-0.3, -0.25) is 0 Å². The normalized spacial score (nSPS) is 22.2. The molecule has 0 amide bonds. The van der Waals surface area contributed by atoms with E-state index in [1.54, 1.807) is 12.1 Å². The second-order valence-electron chi connectivity index (χ2n) is 7.61. The van der Waals surface area contributed by atoms with Gasteiger partial charge in [0.25, 0.3) is 0 Å². The van der Waals surface area contributed by atoms with Crippen LogP contribution in [0.4, 0.5) is 0 Å². The highest BCUT2D eigenvalue weighted by molar-refractivity contribution is 6.66. The maximum atomic E-state index is 8.70. The second kappa shape index (κ2) is 5.12.